The Morgan fingerprint density at radius 1 is 0.365 bits per heavy atom. The molecule has 6 nitrogen and oxygen atoms in total. The predicted octanol–water partition coefficient (Wildman–Crippen LogP) is 11.2. The van der Waals surface area contributed by atoms with Crippen LogP contribution in [-0.2, 0) is 0 Å². The second-order valence-electron chi connectivity index (χ2n) is 14.0. The third-order valence-electron chi connectivity index (χ3n) is 11.2. The highest BCUT2D eigenvalue weighted by Gasteiger charge is 2.26. The molecule has 0 atom stereocenters. The van der Waals surface area contributed by atoms with Crippen LogP contribution < -0.4 is 0 Å². The van der Waals surface area contributed by atoms with Crippen molar-refractivity contribution in [1.82, 2.24) is 27.7 Å². The van der Waals surface area contributed by atoms with Gasteiger partial charge in [-0.3, -0.25) is 8.80 Å². The van der Waals surface area contributed by atoms with Crippen LogP contribution in [0.2, 0.25) is 0 Å². The van der Waals surface area contributed by atoms with E-state index in [1.165, 1.54) is 48.9 Å². The summed E-state index contributed by atoms with van der Waals surface area (Å²) in [4.78, 5) is 10.7. The van der Waals surface area contributed by atoms with E-state index in [-0.39, 0.29) is 0 Å². The standard InChI is InChI=1S/C46H26N6/c1-2-15-32(16-3-1)49-38-20-9-8-17-34(38)35-19-10-18-33(43(35)49)31-25-41-44-42(26-31)51-40-24-30-14-7-5-12-28(30)22-37(40)48-46(51)52(44)45-47-36-21-27-11-4-6-13-29(27)23-39(36)50(41)45/h1-26H. The molecule has 5 heterocycles. The van der Waals surface area contributed by atoms with E-state index >= 15 is 0 Å². The predicted molar refractivity (Wildman–Crippen MR) is 213 cm³/mol. The molecule has 0 aliphatic carbocycles. The van der Waals surface area contributed by atoms with Gasteiger partial charge < -0.3 is 4.57 Å². The average Bonchev–Trinajstić information content (AvgIpc) is 3.98. The van der Waals surface area contributed by atoms with E-state index in [1.807, 2.05) is 0 Å². The van der Waals surface area contributed by atoms with Crippen LogP contribution in [0, 0.1) is 0 Å². The molecule has 0 amide bonds. The molecule has 0 aliphatic rings. The number of fused-ring (bicyclic) bond motifs is 15. The fourth-order valence-corrected chi connectivity index (χ4v) is 8.99. The monoisotopic (exact) mass is 662 g/mol. The molecule has 0 bridgehead atoms. The summed E-state index contributed by atoms with van der Waals surface area (Å²) in [6, 6.07) is 57.0. The molecule has 8 aromatic carbocycles. The molecule has 0 radical (unpaired) electrons. The Balaban J connectivity index is 1.24. The highest BCUT2D eigenvalue weighted by molar-refractivity contribution is 6.15. The first kappa shape index (κ1) is 26.7. The molecular formula is C46H26N6. The largest absolute Gasteiger partial charge is 0.309 e. The Morgan fingerprint density at radius 3 is 1.54 bits per heavy atom. The van der Waals surface area contributed by atoms with E-state index in [0.29, 0.717) is 0 Å². The van der Waals surface area contributed by atoms with Gasteiger partial charge in [0.2, 0.25) is 11.6 Å². The molecular weight excluding hydrogens is 637 g/mol. The highest BCUT2D eigenvalue weighted by atomic mass is 15.3. The van der Waals surface area contributed by atoms with Crippen molar-refractivity contribution in [2.75, 3.05) is 0 Å². The van der Waals surface area contributed by atoms with E-state index in [1.54, 1.807) is 0 Å². The lowest BCUT2D eigenvalue weighted by molar-refractivity contribution is 1.15. The van der Waals surface area contributed by atoms with E-state index < -0.39 is 0 Å². The Bertz CT molecular complexity index is 3480. The molecule has 0 spiro atoms. The van der Waals surface area contributed by atoms with Gasteiger partial charge in [0, 0.05) is 22.0 Å². The van der Waals surface area contributed by atoms with Crippen molar-refractivity contribution in [3.05, 3.63) is 158 Å². The fraction of sp³-hybridized carbons (Fsp3) is 0. The summed E-state index contributed by atoms with van der Waals surface area (Å²) < 4.78 is 9.38. The van der Waals surface area contributed by atoms with Crippen LogP contribution in [0.1, 0.15) is 0 Å². The van der Waals surface area contributed by atoms with Gasteiger partial charge in [-0.1, -0.05) is 103 Å². The normalized spacial score (nSPS) is 12.6. The van der Waals surface area contributed by atoms with Gasteiger partial charge in [-0.15, -0.1) is 0 Å². The van der Waals surface area contributed by atoms with Crippen molar-refractivity contribution >= 4 is 93.5 Å². The maximum Gasteiger partial charge on any atom is 0.223 e. The van der Waals surface area contributed by atoms with Gasteiger partial charge in [-0.05, 0) is 81.7 Å². The van der Waals surface area contributed by atoms with Gasteiger partial charge in [0.25, 0.3) is 0 Å². The third-order valence-corrected chi connectivity index (χ3v) is 11.2. The van der Waals surface area contributed by atoms with Gasteiger partial charge >= 0.3 is 0 Å². The number of imidazole rings is 4. The van der Waals surface area contributed by atoms with Crippen LogP contribution in [-0.4, -0.2) is 27.7 Å². The van der Waals surface area contributed by atoms with Crippen LogP contribution in [0.4, 0.5) is 0 Å². The van der Waals surface area contributed by atoms with E-state index in [9.17, 15) is 0 Å². The van der Waals surface area contributed by atoms with Crippen molar-refractivity contribution in [3.8, 4) is 16.8 Å². The lowest BCUT2D eigenvalue weighted by Crippen LogP contribution is -1.95. The average molecular weight is 663 g/mol. The number of benzene rings is 8. The molecule has 240 valence electrons. The minimum Gasteiger partial charge on any atom is -0.309 e. The molecule has 6 heteroatoms. The van der Waals surface area contributed by atoms with Gasteiger partial charge in [0.1, 0.15) is 5.52 Å². The van der Waals surface area contributed by atoms with E-state index in [4.69, 9.17) is 9.97 Å². The number of aromatic nitrogens is 6. The molecule has 0 saturated heterocycles. The van der Waals surface area contributed by atoms with Crippen LogP contribution in [0.3, 0.4) is 0 Å². The van der Waals surface area contributed by atoms with E-state index in [2.05, 4.69) is 175 Å². The SMILES string of the molecule is c1ccc(-n2c3ccccc3c3cccc(-c4cc5c6c(c4)n4c7cc8ccccc8cc7nc4n6c4nc6cc7ccccc7cc6n54)c32)cc1. The third kappa shape index (κ3) is 3.25. The summed E-state index contributed by atoms with van der Waals surface area (Å²) >= 11 is 0. The molecule has 52 heavy (non-hydrogen) atoms. The van der Waals surface area contributed by atoms with Crippen molar-refractivity contribution < 1.29 is 0 Å². The fourth-order valence-electron chi connectivity index (χ4n) is 8.99. The molecule has 0 N–H and O–H groups in total. The first-order valence-electron chi connectivity index (χ1n) is 17.7. The van der Waals surface area contributed by atoms with Crippen LogP contribution in [0.5, 0.6) is 0 Å². The number of para-hydroxylation sites is 3. The van der Waals surface area contributed by atoms with Gasteiger partial charge in [-0.2, -0.15) is 0 Å². The van der Waals surface area contributed by atoms with Crippen LogP contribution in [0.15, 0.2) is 158 Å². The molecule has 0 fully saturated rings. The first-order chi connectivity index (χ1) is 25.8. The smallest absolute Gasteiger partial charge is 0.223 e. The summed E-state index contributed by atoms with van der Waals surface area (Å²) in [5.41, 5.74) is 13.3. The van der Waals surface area contributed by atoms with Crippen molar-refractivity contribution in [2.45, 2.75) is 0 Å². The molecule has 13 rings (SSSR count). The maximum absolute atomic E-state index is 5.33. The number of rotatable bonds is 2. The molecule has 13 aromatic rings. The molecule has 0 aliphatic heterocycles. The summed E-state index contributed by atoms with van der Waals surface area (Å²) in [6.45, 7) is 0. The zero-order chi connectivity index (χ0) is 33.7. The lowest BCUT2D eigenvalue weighted by atomic mass is 10.0. The second kappa shape index (κ2) is 9.33. The molecule has 0 saturated carbocycles. The van der Waals surface area contributed by atoms with Crippen molar-refractivity contribution in [1.29, 1.82) is 0 Å². The van der Waals surface area contributed by atoms with Gasteiger partial charge in [0.05, 0.1) is 44.1 Å². The summed E-state index contributed by atoms with van der Waals surface area (Å²) in [6.07, 6.45) is 0. The number of hydrogen-bond acceptors (Lipinski definition) is 2. The molecule has 5 aromatic heterocycles. The zero-order valence-corrected chi connectivity index (χ0v) is 27.7. The van der Waals surface area contributed by atoms with Gasteiger partial charge in [0.15, 0.2) is 0 Å². The quantitative estimate of drug-likeness (QED) is 0.185. The first-order valence-corrected chi connectivity index (χ1v) is 17.7. The highest BCUT2D eigenvalue weighted by Crippen LogP contribution is 2.42. The summed E-state index contributed by atoms with van der Waals surface area (Å²) in [5.74, 6) is 1.74. The Kier molecular flexibility index (Phi) is 4.78. The Hall–Kier alpha value is -7.18. The Labute approximate surface area is 295 Å². The van der Waals surface area contributed by atoms with Crippen LogP contribution >= 0.6 is 0 Å². The second-order valence-corrected chi connectivity index (χ2v) is 14.0. The van der Waals surface area contributed by atoms with Crippen molar-refractivity contribution in [3.63, 3.8) is 0 Å². The van der Waals surface area contributed by atoms with E-state index in [0.717, 1.165) is 61.4 Å². The Morgan fingerprint density at radius 2 is 0.904 bits per heavy atom. The zero-order valence-electron chi connectivity index (χ0n) is 27.7. The van der Waals surface area contributed by atoms with Gasteiger partial charge in [-0.25, -0.2) is 14.4 Å². The summed E-state index contributed by atoms with van der Waals surface area (Å²) in [5, 5.41) is 7.23. The maximum atomic E-state index is 5.33. The lowest BCUT2D eigenvalue weighted by Gasteiger charge is -2.12. The minimum atomic E-state index is 0.869. The summed E-state index contributed by atoms with van der Waals surface area (Å²) in [7, 11) is 0. The van der Waals surface area contributed by atoms with Crippen molar-refractivity contribution in [2.24, 2.45) is 0 Å². The molecule has 0 unspecified atom stereocenters. The number of nitrogens with zero attached hydrogens (tertiary/aromatic N) is 6. The minimum absolute atomic E-state index is 0.869. The number of hydrogen-bond donors (Lipinski definition) is 0. The van der Waals surface area contributed by atoms with Crippen LogP contribution in [0.25, 0.3) is 110 Å². The topological polar surface area (TPSA) is 43.9 Å².